The fraction of sp³-hybridized carbons (Fsp3) is 0.867. The van der Waals surface area contributed by atoms with E-state index in [1.165, 1.54) is 0 Å². The van der Waals surface area contributed by atoms with Gasteiger partial charge >= 0.3 is 5.97 Å². The van der Waals surface area contributed by atoms with Gasteiger partial charge in [0.25, 0.3) is 0 Å². The fourth-order valence-electron chi connectivity index (χ4n) is 4.88. The van der Waals surface area contributed by atoms with Crippen molar-refractivity contribution in [3.05, 3.63) is 0 Å². The summed E-state index contributed by atoms with van der Waals surface area (Å²) in [5, 5.41) is 10.4. The van der Waals surface area contributed by atoms with Gasteiger partial charge in [-0.3, -0.25) is 4.79 Å². The number of hydrogen-bond acceptors (Lipinski definition) is 4. The second-order valence-electron chi connectivity index (χ2n) is 6.91. The van der Waals surface area contributed by atoms with Crippen LogP contribution in [0, 0.1) is 29.1 Å². The molecule has 0 aromatic heterocycles. The van der Waals surface area contributed by atoms with Gasteiger partial charge in [0.2, 0.25) is 0 Å². The molecule has 3 fully saturated rings. The molecule has 3 rings (SSSR count). The largest absolute Gasteiger partial charge is 0.461 e. The maximum absolute atomic E-state index is 11.8. The van der Waals surface area contributed by atoms with E-state index >= 15 is 0 Å². The number of esters is 1. The highest BCUT2D eigenvalue weighted by Gasteiger charge is 2.60. The number of carbonyl (C=O) groups is 2. The highest BCUT2D eigenvalue weighted by atomic mass is 16.6. The molecular formula is C15H22O4. The van der Waals surface area contributed by atoms with Gasteiger partial charge in [-0.25, -0.2) is 0 Å². The molecule has 106 valence electrons. The maximum atomic E-state index is 11.8. The second-order valence-corrected chi connectivity index (χ2v) is 6.91. The summed E-state index contributed by atoms with van der Waals surface area (Å²) in [7, 11) is 0. The van der Waals surface area contributed by atoms with Crippen LogP contribution in [0.2, 0.25) is 0 Å². The molecule has 2 saturated carbocycles. The first kappa shape index (κ1) is 13.1. The first-order valence-electron chi connectivity index (χ1n) is 7.32. The third-order valence-electron chi connectivity index (χ3n) is 5.78. The second kappa shape index (κ2) is 4.30. The van der Waals surface area contributed by atoms with E-state index < -0.39 is 6.10 Å². The average Bonchev–Trinajstić information content (AvgIpc) is 2.64. The SMILES string of the molecule is C[C@@H]1C(=O)O[C@H]2C1[C@@H](O)C[C@@]1(C)CCC[C@@H](C=O)[C@H]21. The predicted molar refractivity (Wildman–Crippen MR) is 68.2 cm³/mol. The lowest BCUT2D eigenvalue weighted by molar-refractivity contribution is -0.163. The molecule has 2 aliphatic carbocycles. The third kappa shape index (κ3) is 1.76. The van der Waals surface area contributed by atoms with Crippen LogP contribution in [0.5, 0.6) is 0 Å². The lowest BCUT2D eigenvalue weighted by Crippen LogP contribution is -2.55. The Kier molecular flexibility index (Phi) is 2.97. The molecule has 4 nitrogen and oxygen atoms in total. The van der Waals surface area contributed by atoms with Crippen LogP contribution in [0.1, 0.15) is 39.5 Å². The molecule has 1 heterocycles. The van der Waals surface area contributed by atoms with Gasteiger partial charge in [0.05, 0.1) is 12.0 Å². The van der Waals surface area contributed by atoms with E-state index in [9.17, 15) is 14.7 Å². The normalized spacial score (nSPS) is 53.1. The monoisotopic (exact) mass is 266 g/mol. The Labute approximate surface area is 113 Å². The number of aliphatic hydroxyl groups is 1. The van der Waals surface area contributed by atoms with E-state index in [1.54, 1.807) is 0 Å². The standard InChI is InChI=1S/C15H22O4/c1-8-11-10(17)6-15(2)5-3-4-9(7-16)12(15)13(11)19-14(8)18/h7-13,17H,3-6H2,1-2H3/t8-,9-,10-,11?,12+,13-,15+/m0/s1. The average molecular weight is 266 g/mol. The van der Waals surface area contributed by atoms with Crippen molar-refractivity contribution in [3.63, 3.8) is 0 Å². The van der Waals surface area contributed by atoms with Crippen molar-refractivity contribution in [2.45, 2.75) is 51.7 Å². The Morgan fingerprint density at radius 1 is 1.47 bits per heavy atom. The lowest BCUT2D eigenvalue weighted by atomic mass is 9.52. The van der Waals surface area contributed by atoms with Crippen molar-refractivity contribution in [3.8, 4) is 0 Å². The number of carbonyl (C=O) groups excluding carboxylic acids is 2. The van der Waals surface area contributed by atoms with Crippen LogP contribution in [0.15, 0.2) is 0 Å². The van der Waals surface area contributed by atoms with E-state index in [0.29, 0.717) is 6.42 Å². The molecule has 1 saturated heterocycles. The smallest absolute Gasteiger partial charge is 0.309 e. The van der Waals surface area contributed by atoms with Gasteiger partial charge in [0.15, 0.2) is 0 Å². The number of rotatable bonds is 1. The zero-order valence-corrected chi connectivity index (χ0v) is 11.5. The third-order valence-corrected chi connectivity index (χ3v) is 5.78. The zero-order valence-electron chi connectivity index (χ0n) is 11.5. The fourth-order valence-corrected chi connectivity index (χ4v) is 4.88. The van der Waals surface area contributed by atoms with Crippen molar-refractivity contribution in [2.24, 2.45) is 29.1 Å². The van der Waals surface area contributed by atoms with Gasteiger partial charge in [-0.05, 0) is 24.7 Å². The van der Waals surface area contributed by atoms with Gasteiger partial charge in [-0.2, -0.15) is 0 Å². The van der Waals surface area contributed by atoms with Crippen molar-refractivity contribution in [1.82, 2.24) is 0 Å². The van der Waals surface area contributed by atoms with Crippen LogP contribution < -0.4 is 0 Å². The first-order valence-corrected chi connectivity index (χ1v) is 7.32. The van der Waals surface area contributed by atoms with E-state index in [0.717, 1.165) is 25.5 Å². The highest BCUT2D eigenvalue weighted by molar-refractivity contribution is 5.75. The van der Waals surface area contributed by atoms with Crippen molar-refractivity contribution < 1.29 is 19.4 Å². The number of hydrogen-bond donors (Lipinski definition) is 1. The number of aliphatic hydroxyl groups excluding tert-OH is 1. The van der Waals surface area contributed by atoms with Crippen molar-refractivity contribution >= 4 is 12.3 Å². The quantitative estimate of drug-likeness (QED) is 0.578. The lowest BCUT2D eigenvalue weighted by Gasteiger charge is -2.53. The molecule has 0 bridgehead atoms. The summed E-state index contributed by atoms with van der Waals surface area (Å²) in [6.07, 6.45) is 3.87. The number of ether oxygens (including phenoxy) is 1. The summed E-state index contributed by atoms with van der Waals surface area (Å²) in [5.74, 6) is -0.545. The van der Waals surface area contributed by atoms with Crippen LogP contribution in [0.4, 0.5) is 0 Å². The summed E-state index contributed by atoms with van der Waals surface area (Å²) in [5.41, 5.74) is -0.0747. The number of aldehydes is 1. The molecule has 0 amide bonds. The van der Waals surface area contributed by atoms with Gasteiger partial charge in [0, 0.05) is 17.8 Å². The van der Waals surface area contributed by atoms with Crippen LogP contribution in [0.25, 0.3) is 0 Å². The summed E-state index contributed by atoms with van der Waals surface area (Å²) in [6, 6.07) is 0. The van der Waals surface area contributed by atoms with Crippen LogP contribution in [-0.4, -0.2) is 29.6 Å². The molecule has 1 N–H and O–H groups in total. The summed E-state index contributed by atoms with van der Waals surface area (Å²) < 4.78 is 5.56. The Morgan fingerprint density at radius 2 is 2.21 bits per heavy atom. The van der Waals surface area contributed by atoms with Crippen LogP contribution in [-0.2, 0) is 14.3 Å². The van der Waals surface area contributed by atoms with Crippen molar-refractivity contribution in [1.29, 1.82) is 0 Å². The Hall–Kier alpha value is -0.900. The maximum Gasteiger partial charge on any atom is 0.309 e. The topological polar surface area (TPSA) is 63.6 Å². The summed E-state index contributed by atoms with van der Waals surface area (Å²) in [4.78, 5) is 23.2. The summed E-state index contributed by atoms with van der Waals surface area (Å²) in [6.45, 7) is 3.97. The number of fused-ring (bicyclic) bond motifs is 3. The highest BCUT2D eigenvalue weighted by Crippen LogP contribution is 2.57. The Morgan fingerprint density at radius 3 is 2.89 bits per heavy atom. The molecule has 1 aliphatic heterocycles. The predicted octanol–water partition coefficient (Wildman–Crippen LogP) is 1.55. The van der Waals surface area contributed by atoms with Gasteiger partial charge in [-0.1, -0.05) is 20.3 Å². The molecule has 0 radical (unpaired) electrons. The molecule has 1 unspecified atom stereocenters. The molecule has 7 atom stereocenters. The molecule has 0 aromatic rings. The van der Waals surface area contributed by atoms with E-state index in [1.807, 2.05) is 6.92 Å². The minimum atomic E-state index is -0.488. The minimum Gasteiger partial charge on any atom is -0.461 e. The van der Waals surface area contributed by atoms with E-state index in [4.69, 9.17) is 4.74 Å². The molecule has 4 heteroatoms. The minimum absolute atomic E-state index is 0.0307. The van der Waals surface area contributed by atoms with E-state index in [-0.39, 0.29) is 41.2 Å². The first-order chi connectivity index (χ1) is 8.98. The van der Waals surface area contributed by atoms with Crippen LogP contribution in [0.3, 0.4) is 0 Å². The molecule has 0 aromatic carbocycles. The Bertz CT molecular complexity index is 407. The van der Waals surface area contributed by atoms with Gasteiger partial charge in [-0.15, -0.1) is 0 Å². The van der Waals surface area contributed by atoms with E-state index in [2.05, 4.69) is 6.92 Å². The molecule has 19 heavy (non-hydrogen) atoms. The van der Waals surface area contributed by atoms with Gasteiger partial charge in [0.1, 0.15) is 12.4 Å². The molecular weight excluding hydrogens is 244 g/mol. The molecule has 0 spiro atoms. The zero-order chi connectivity index (χ0) is 13.8. The van der Waals surface area contributed by atoms with Gasteiger partial charge < -0.3 is 14.6 Å². The van der Waals surface area contributed by atoms with Crippen LogP contribution >= 0.6 is 0 Å². The van der Waals surface area contributed by atoms with Crippen molar-refractivity contribution in [2.75, 3.05) is 0 Å². The Balaban J connectivity index is 1.99. The summed E-state index contributed by atoms with van der Waals surface area (Å²) >= 11 is 0. The molecule has 3 aliphatic rings.